The molecule has 1 amide bonds. The van der Waals surface area contributed by atoms with Gasteiger partial charge in [0, 0.05) is 37.4 Å². The van der Waals surface area contributed by atoms with Gasteiger partial charge in [-0.25, -0.2) is 0 Å². The van der Waals surface area contributed by atoms with Crippen LogP contribution >= 0.6 is 0 Å². The number of ether oxygens (including phenoxy) is 1. The molecule has 0 saturated carbocycles. The highest BCUT2D eigenvalue weighted by Gasteiger charge is 2.20. The average Bonchev–Trinajstić information content (AvgIpc) is 2.48. The number of rotatable bonds is 5. The first-order valence-electron chi connectivity index (χ1n) is 7.02. The van der Waals surface area contributed by atoms with Crippen molar-refractivity contribution in [3.8, 4) is 0 Å². The summed E-state index contributed by atoms with van der Waals surface area (Å²) in [7, 11) is 0. The Balaban J connectivity index is 2.13. The molecule has 0 aromatic heterocycles. The number of anilines is 1. The summed E-state index contributed by atoms with van der Waals surface area (Å²) in [5.41, 5.74) is 0.754. The summed E-state index contributed by atoms with van der Waals surface area (Å²) < 4.78 is 5.24. The molecule has 0 spiro atoms. The third-order valence-electron chi connectivity index (χ3n) is 3.38. The van der Waals surface area contributed by atoms with E-state index in [1.54, 1.807) is 0 Å². The summed E-state index contributed by atoms with van der Waals surface area (Å²) in [4.78, 5) is 22.7. The Labute approximate surface area is 122 Å². The second-order valence-corrected chi connectivity index (χ2v) is 4.88. The Morgan fingerprint density at radius 2 is 2.14 bits per heavy atom. The monoisotopic (exact) mass is 293 g/mol. The maximum atomic E-state index is 12.2. The Bertz CT molecular complexity index is 527. The third-order valence-corrected chi connectivity index (χ3v) is 3.38. The molecule has 21 heavy (non-hydrogen) atoms. The number of carbonyl (C=O) groups excluding carboxylic acids is 1. The molecule has 1 saturated heterocycles. The van der Waals surface area contributed by atoms with Gasteiger partial charge in [0.1, 0.15) is 5.69 Å². The van der Waals surface area contributed by atoms with Gasteiger partial charge >= 0.3 is 0 Å². The molecule has 1 aromatic carbocycles. The Hall–Kier alpha value is -2.15. The van der Waals surface area contributed by atoms with Crippen LogP contribution in [0.5, 0.6) is 0 Å². The molecule has 1 aliphatic rings. The minimum atomic E-state index is -0.460. The summed E-state index contributed by atoms with van der Waals surface area (Å²) >= 11 is 0. The molecule has 1 heterocycles. The summed E-state index contributed by atoms with van der Waals surface area (Å²) in [5.74, 6) is -0.212. The molecule has 2 rings (SSSR count). The molecule has 1 fully saturated rings. The van der Waals surface area contributed by atoms with E-state index in [1.165, 1.54) is 18.2 Å². The zero-order chi connectivity index (χ0) is 15.2. The molecule has 0 bridgehead atoms. The highest BCUT2D eigenvalue weighted by Crippen LogP contribution is 2.25. The summed E-state index contributed by atoms with van der Waals surface area (Å²) in [5, 5.41) is 16.8. The Kier molecular flexibility index (Phi) is 5.10. The fourth-order valence-corrected chi connectivity index (χ4v) is 2.28. The molecule has 1 aliphatic heterocycles. The number of nitrogens with one attached hydrogen (secondary N) is 2. The Morgan fingerprint density at radius 1 is 1.43 bits per heavy atom. The van der Waals surface area contributed by atoms with E-state index in [9.17, 15) is 14.9 Å². The van der Waals surface area contributed by atoms with Crippen LogP contribution in [0.15, 0.2) is 18.2 Å². The lowest BCUT2D eigenvalue weighted by Crippen LogP contribution is -2.38. The second kappa shape index (κ2) is 7.03. The number of nitro groups is 1. The van der Waals surface area contributed by atoms with Gasteiger partial charge in [0.2, 0.25) is 0 Å². The summed E-state index contributed by atoms with van der Waals surface area (Å²) in [6.45, 7) is 3.69. The van der Waals surface area contributed by atoms with Crippen molar-refractivity contribution in [1.82, 2.24) is 5.32 Å². The first-order chi connectivity index (χ1) is 10.1. The van der Waals surface area contributed by atoms with Gasteiger partial charge in [-0.15, -0.1) is 0 Å². The van der Waals surface area contributed by atoms with Gasteiger partial charge < -0.3 is 15.4 Å². The summed E-state index contributed by atoms with van der Waals surface area (Å²) in [6.07, 6.45) is 1.58. The largest absolute Gasteiger partial charge is 0.381 e. The topological polar surface area (TPSA) is 93.5 Å². The van der Waals surface area contributed by atoms with Gasteiger partial charge in [-0.2, -0.15) is 0 Å². The van der Waals surface area contributed by atoms with Crippen LogP contribution < -0.4 is 10.6 Å². The predicted molar refractivity (Wildman–Crippen MR) is 78.6 cm³/mol. The Morgan fingerprint density at radius 3 is 2.76 bits per heavy atom. The van der Waals surface area contributed by atoms with Crippen molar-refractivity contribution in [2.75, 3.05) is 25.1 Å². The number of nitro benzene ring substituents is 1. The number of nitrogens with zero attached hydrogens (tertiary/aromatic N) is 1. The number of carbonyl (C=O) groups is 1. The normalized spacial score (nSPS) is 15.5. The van der Waals surface area contributed by atoms with Crippen molar-refractivity contribution in [2.45, 2.75) is 25.8 Å². The first kappa shape index (κ1) is 15.2. The standard InChI is InChI=1S/C14H19N3O4/c1-2-15-12-9-10(3-4-13(12)17(19)20)14(18)16-11-5-7-21-8-6-11/h3-4,9,11,15H,2,5-8H2,1H3,(H,16,18). The fraction of sp³-hybridized carbons (Fsp3) is 0.500. The van der Waals surface area contributed by atoms with E-state index in [4.69, 9.17) is 4.74 Å². The number of amides is 1. The fourth-order valence-electron chi connectivity index (χ4n) is 2.28. The van der Waals surface area contributed by atoms with Crippen LogP contribution in [0.4, 0.5) is 11.4 Å². The molecule has 0 unspecified atom stereocenters. The molecule has 0 radical (unpaired) electrons. The van der Waals surface area contributed by atoms with Crippen LogP contribution in [0.1, 0.15) is 30.1 Å². The maximum Gasteiger partial charge on any atom is 0.292 e. The molecule has 7 heteroatoms. The van der Waals surface area contributed by atoms with E-state index in [-0.39, 0.29) is 17.6 Å². The lowest BCUT2D eigenvalue weighted by atomic mass is 10.1. The van der Waals surface area contributed by atoms with Crippen molar-refractivity contribution in [2.24, 2.45) is 0 Å². The van der Waals surface area contributed by atoms with E-state index in [0.29, 0.717) is 31.0 Å². The molecule has 2 N–H and O–H groups in total. The summed E-state index contributed by atoms with van der Waals surface area (Å²) in [6, 6.07) is 4.46. The highest BCUT2D eigenvalue weighted by molar-refractivity contribution is 5.96. The smallest absolute Gasteiger partial charge is 0.292 e. The lowest BCUT2D eigenvalue weighted by molar-refractivity contribution is -0.384. The van der Waals surface area contributed by atoms with E-state index in [2.05, 4.69) is 10.6 Å². The minimum Gasteiger partial charge on any atom is -0.381 e. The van der Waals surface area contributed by atoms with E-state index < -0.39 is 4.92 Å². The van der Waals surface area contributed by atoms with Gasteiger partial charge in [0.05, 0.1) is 4.92 Å². The average molecular weight is 293 g/mol. The van der Waals surface area contributed by atoms with Crippen molar-refractivity contribution in [3.05, 3.63) is 33.9 Å². The quantitative estimate of drug-likeness (QED) is 0.639. The molecule has 0 atom stereocenters. The van der Waals surface area contributed by atoms with Crippen LogP contribution in [0, 0.1) is 10.1 Å². The molecule has 0 aliphatic carbocycles. The van der Waals surface area contributed by atoms with Crippen molar-refractivity contribution in [3.63, 3.8) is 0 Å². The molecular formula is C14H19N3O4. The van der Waals surface area contributed by atoms with Gasteiger partial charge in [0.15, 0.2) is 0 Å². The third kappa shape index (κ3) is 3.91. The second-order valence-electron chi connectivity index (χ2n) is 4.88. The van der Waals surface area contributed by atoms with Crippen LogP contribution in [0.2, 0.25) is 0 Å². The molecule has 1 aromatic rings. The predicted octanol–water partition coefficient (Wildman–Crippen LogP) is 1.94. The van der Waals surface area contributed by atoms with Gasteiger partial charge in [-0.1, -0.05) is 0 Å². The molecular weight excluding hydrogens is 274 g/mol. The number of benzene rings is 1. The minimum absolute atomic E-state index is 0.0283. The van der Waals surface area contributed by atoms with Gasteiger partial charge in [-0.05, 0) is 31.9 Å². The van der Waals surface area contributed by atoms with Crippen LogP contribution in [0.25, 0.3) is 0 Å². The molecule has 7 nitrogen and oxygen atoms in total. The van der Waals surface area contributed by atoms with Crippen molar-refractivity contribution >= 4 is 17.3 Å². The van der Waals surface area contributed by atoms with E-state index >= 15 is 0 Å². The zero-order valence-electron chi connectivity index (χ0n) is 11.9. The van der Waals surface area contributed by atoms with Gasteiger partial charge in [-0.3, -0.25) is 14.9 Å². The van der Waals surface area contributed by atoms with Crippen molar-refractivity contribution < 1.29 is 14.5 Å². The van der Waals surface area contributed by atoms with Gasteiger partial charge in [0.25, 0.3) is 11.6 Å². The molecule has 114 valence electrons. The number of hydrogen-bond donors (Lipinski definition) is 2. The van der Waals surface area contributed by atoms with Crippen LogP contribution in [-0.2, 0) is 4.74 Å². The first-order valence-corrected chi connectivity index (χ1v) is 7.02. The van der Waals surface area contributed by atoms with Crippen molar-refractivity contribution in [1.29, 1.82) is 0 Å². The zero-order valence-corrected chi connectivity index (χ0v) is 11.9. The maximum absolute atomic E-state index is 12.2. The van der Waals surface area contributed by atoms with E-state index in [1.807, 2.05) is 6.92 Å². The number of hydrogen-bond acceptors (Lipinski definition) is 5. The van der Waals surface area contributed by atoms with Crippen LogP contribution in [0.3, 0.4) is 0 Å². The van der Waals surface area contributed by atoms with E-state index in [0.717, 1.165) is 12.8 Å². The SMILES string of the molecule is CCNc1cc(C(=O)NC2CCOCC2)ccc1[N+](=O)[O-]. The lowest BCUT2D eigenvalue weighted by Gasteiger charge is -2.23. The van der Waals surface area contributed by atoms with Crippen LogP contribution in [-0.4, -0.2) is 36.6 Å². The highest BCUT2D eigenvalue weighted by atomic mass is 16.6.